The SMILES string of the molecule is Cc1nnc(-c2ccc(NC(=O)Cc3ccccc3)cc2)o1. The fourth-order valence-corrected chi connectivity index (χ4v) is 2.10. The largest absolute Gasteiger partial charge is 0.421 e. The van der Waals surface area contributed by atoms with E-state index in [0.717, 1.165) is 16.8 Å². The number of hydrogen-bond acceptors (Lipinski definition) is 4. The lowest BCUT2D eigenvalue weighted by atomic mass is 10.1. The third-order valence-corrected chi connectivity index (χ3v) is 3.15. The Hall–Kier alpha value is -2.95. The molecule has 1 aromatic heterocycles. The first-order valence-corrected chi connectivity index (χ1v) is 6.95. The van der Waals surface area contributed by atoms with Gasteiger partial charge in [-0.15, -0.1) is 10.2 Å². The van der Waals surface area contributed by atoms with Gasteiger partial charge < -0.3 is 9.73 Å². The molecular formula is C17H15N3O2. The number of carbonyl (C=O) groups is 1. The second-order valence-corrected chi connectivity index (χ2v) is 4.91. The summed E-state index contributed by atoms with van der Waals surface area (Å²) in [6.07, 6.45) is 0.353. The minimum absolute atomic E-state index is 0.0485. The smallest absolute Gasteiger partial charge is 0.247 e. The number of benzene rings is 2. The van der Waals surface area contributed by atoms with Crippen LogP contribution in [0.4, 0.5) is 5.69 Å². The topological polar surface area (TPSA) is 68.0 Å². The zero-order chi connectivity index (χ0) is 15.4. The van der Waals surface area contributed by atoms with E-state index < -0.39 is 0 Å². The van der Waals surface area contributed by atoms with E-state index in [1.807, 2.05) is 54.6 Å². The molecule has 0 saturated carbocycles. The lowest BCUT2D eigenvalue weighted by molar-refractivity contribution is -0.115. The molecule has 0 aliphatic rings. The molecule has 5 nitrogen and oxygen atoms in total. The van der Waals surface area contributed by atoms with Crippen LogP contribution in [0.3, 0.4) is 0 Å². The van der Waals surface area contributed by atoms with Crippen molar-refractivity contribution in [2.45, 2.75) is 13.3 Å². The standard InChI is InChI=1S/C17H15N3O2/c1-12-19-20-17(22-12)14-7-9-15(10-8-14)18-16(21)11-13-5-3-2-4-6-13/h2-10H,11H2,1H3,(H,18,21). The van der Waals surface area contributed by atoms with E-state index in [1.54, 1.807) is 6.92 Å². The predicted octanol–water partition coefficient (Wildman–Crippen LogP) is 3.23. The van der Waals surface area contributed by atoms with Crippen LogP contribution in [0.2, 0.25) is 0 Å². The van der Waals surface area contributed by atoms with Gasteiger partial charge >= 0.3 is 0 Å². The van der Waals surface area contributed by atoms with Crippen LogP contribution < -0.4 is 5.32 Å². The Bertz CT molecular complexity index is 764. The molecule has 0 spiro atoms. The van der Waals surface area contributed by atoms with Gasteiger partial charge in [0, 0.05) is 18.2 Å². The molecule has 22 heavy (non-hydrogen) atoms. The summed E-state index contributed by atoms with van der Waals surface area (Å²) < 4.78 is 5.36. The van der Waals surface area contributed by atoms with Gasteiger partial charge in [0.15, 0.2) is 0 Å². The van der Waals surface area contributed by atoms with E-state index in [2.05, 4.69) is 15.5 Å². The van der Waals surface area contributed by atoms with E-state index in [9.17, 15) is 4.79 Å². The van der Waals surface area contributed by atoms with Crippen LogP contribution in [0.15, 0.2) is 59.0 Å². The average Bonchev–Trinajstić information content (AvgIpc) is 2.95. The number of nitrogens with one attached hydrogen (secondary N) is 1. The first kappa shape index (κ1) is 14.0. The number of carbonyl (C=O) groups excluding carboxylic acids is 1. The summed E-state index contributed by atoms with van der Waals surface area (Å²) in [5, 5.41) is 10.6. The molecule has 2 aromatic carbocycles. The number of aromatic nitrogens is 2. The van der Waals surface area contributed by atoms with Crippen molar-refractivity contribution in [3.63, 3.8) is 0 Å². The van der Waals surface area contributed by atoms with E-state index >= 15 is 0 Å². The highest BCUT2D eigenvalue weighted by atomic mass is 16.4. The van der Waals surface area contributed by atoms with Crippen molar-refractivity contribution in [2.24, 2.45) is 0 Å². The number of nitrogens with zero attached hydrogens (tertiary/aromatic N) is 2. The highest BCUT2D eigenvalue weighted by Crippen LogP contribution is 2.20. The van der Waals surface area contributed by atoms with Gasteiger partial charge in [0.05, 0.1) is 6.42 Å². The van der Waals surface area contributed by atoms with Crippen LogP contribution in [0.25, 0.3) is 11.5 Å². The molecule has 5 heteroatoms. The summed E-state index contributed by atoms with van der Waals surface area (Å²) in [4.78, 5) is 12.0. The number of aryl methyl sites for hydroxylation is 1. The Balaban J connectivity index is 1.65. The minimum atomic E-state index is -0.0485. The molecule has 0 aliphatic heterocycles. The highest BCUT2D eigenvalue weighted by molar-refractivity contribution is 5.92. The van der Waals surface area contributed by atoms with Gasteiger partial charge in [0.25, 0.3) is 0 Å². The number of amides is 1. The maximum Gasteiger partial charge on any atom is 0.247 e. The average molecular weight is 293 g/mol. The van der Waals surface area contributed by atoms with Crippen molar-refractivity contribution in [3.8, 4) is 11.5 Å². The Labute approximate surface area is 128 Å². The molecule has 3 rings (SSSR count). The summed E-state index contributed by atoms with van der Waals surface area (Å²) in [6, 6.07) is 16.9. The van der Waals surface area contributed by atoms with Crippen LogP contribution in [0.1, 0.15) is 11.5 Å². The molecule has 1 amide bonds. The Morgan fingerprint density at radius 2 is 1.77 bits per heavy atom. The molecule has 0 radical (unpaired) electrons. The van der Waals surface area contributed by atoms with Crippen molar-refractivity contribution in [1.82, 2.24) is 10.2 Å². The normalized spacial score (nSPS) is 10.4. The van der Waals surface area contributed by atoms with Crippen molar-refractivity contribution in [2.75, 3.05) is 5.32 Å². The lowest BCUT2D eigenvalue weighted by Gasteiger charge is -2.05. The molecule has 0 atom stereocenters. The monoisotopic (exact) mass is 293 g/mol. The van der Waals surface area contributed by atoms with Crippen molar-refractivity contribution < 1.29 is 9.21 Å². The van der Waals surface area contributed by atoms with Crippen molar-refractivity contribution >= 4 is 11.6 Å². The highest BCUT2D eigenvalue weighted by Gasteiger charge is 2.07. The molecule has 0 fully saturated rings. The molecule has 0 aliphatic carbocycles. The van der Waals surface area contributed by atoms with E-state index in [-0.39, 0.29) is 5.91 Å². The number of hydrogen-bond donors (Lipinski definition) is 1. The zero-order valence-electron chi connectivity index (χ0n) is 12.1. The minimum Gasteiger partial charge on any atom is -0.421 e. The molecular weight excluding hydrogens is 278 g/mol. The van der Waals surface area contributed by atoms with E-state index in [1.165, 1.54) is 0 Å². The van der Waals surface area contributed by atoms with Crippen molar-refractivity contribution in [1.29, 1.82) is 0 Å². The second kappa shape index (κ2) is 6.22. The summed E-state index contributed by atoms with van der Waals surface area (Å²) in [5.41, 5.74) is 2.54. The fourth-order valence-electron chi connectivity index (χ4n) is 2.10. The van der Waals surface area contributed by atoms with Gasteiger partial charge in [0.1, 0.15) is 0 Å². The predicted molar refractivity (Wildman–Crippen MR) is 83.2 cm³/mol. The lowest BCUT2D eigenvalue weighted by Crippen LogP contribution is -2.14. The molecule has 1 N–H and O–H groups in total. The summed E-state index contributed by atoms with van der Waals surface area (Å²) in [6.45, 7) is 1.74. The van der Waals surface area contributed by atoms with Gasteiger partial charge in [0.2, 0.25) is 17.7 Å². The molecule has 1 heterocycles. The van der Waals surface area contributed by atoms with Gasteiger partial charge in [-0.1, -0.05) is 30.3 Å². The molecule has 3 aromatic rings. The third-order valence-electron chi connectivity index (χ3n) is 3.15. The molecule has 0 unspecified atom stereocenters. The number of anilines is 1. The summed E-state index contributed by atoms with van der Waals surface area (Å²) >= 11 is 0. The van der Waals surface area contributed by atoms with Crippen LogP contribution in [-0.4, -0.2) is 16.1 Å². The molecule has 0 saturated heterocycles. The van der Waals surface area contributed by atoms with Crippen LogP contribution in [0.5, 0.6) is 0 Å². The van der Waals surface area contributed by atoms with Crippen LogP contribution >= 0.6 is 0 Å². The first-order chi connectivity index (χ1) is 10.7. The van der Waals surface area contributed by atoms with E-state index in [0.29, 0.717) is 18.2 Å². The third kappa shape index (κ3) is 3.38. The van der Waals surface area contributed by atoms with Crippen molar-refractivity contribution in [3.05, 3.63) is 66.1 Å². The maximum atomic E-state index is 12.0. The van der Waals surface area contributed by atoms with Crippen LogP contribution in [0, 0.1) is 6.92 Å². The first-order valence-electron chi connectivity index (χ1n) is 6.95. The van der Waals surface area contributed by atoms with Gasteiger partial charge in [-0.2, -0.15) is 0 Å². The van der Waals surface area contributed by atoms with Gasteiger partial charge in [-0.3, -0.25) is 4.79 Å². The molecule has 0 bridgehead atoms. The Kier molecular flexibility index (Phi) is 3.96. The quantitative estimate of drug-likeness (QED) is 0.802. The van der Waals surface area contributed by atoms with E-state index in [4.69, 9.17) is 4.42 Å². The summed E-state index contributed by atoms with van der Waals surface area (Å²) in [5.74, 6) is 0.947. The summed E-state index contributed by atoms with van der Waals surface area (Å²) in [7, 11) is 0. The number of rotatable bonds is 4. The van der Waals surface area contributed by atoms with Gasteiger partial charge in [-0.25, -0.2) is 0 Å². The Morgan fingerprint density at radius 1 is 1.05 bits per heavy atom. The van der Waals surface area contributed by atoms with Gasteiger partial charge in [-0.05, 0) is 29.8 Å². The maximum absolute atomic E-state index is 12.0. The Morgan fingerprint density at radius 3 is 2.41 bits per heavy atom. The second-order valence-electron chi connectivity index (χ2n) is 4.91. The zero-order valence-corrected chi connectivity index (χ0v) is 12.1. The fraction of sp³-hybridized carbons (Fsp3) is 0.118. The van der Waals surface area contributed by atoms with Crippen LogP contribution in [-0.2, 0) is 11.2 Å². The molecule has 110 valence electrons.